The van der Waals surface area contributed by atoms with E-state index in [-0.39, 0.29) is 0 Å². The van der Waals surface area contributed by atoms with Gasteiger partial charge in [-0.1, -0.05) is 0 Å². The first-order chi connectivity index (χ1) is 8.68. The van der Waals surface area contributed by atoms with E-state index in [0.29, 0.717) is 19.4 Å². The zero-order valence-corrected chi connectivity index (χ0v) is 11.6. The van der Waals surface area contributed by atoms with E-state index in [4.69, 9.17) is 10.5 Å². The van der Waals surface area contributed by atoms with E-state index in [2.05, 4.69) is 0 Å². The molecule has 1 spiro atoms. The van der Waals surface area contributed by atoms with Gasteiger partial charge < -0.3 is 10.5 Å². The highest BCUT2D eigenvalue weighted by molar-refractivity contribution is 7.99. The molecule has 7 heteroatoms. The van der Waals surface area contributed by atoms with Crippen LogP contribution in [0.3, 0.4) is 0 Å². The van der Waals surface area contributed by atoms with Gasteiger partial charge in [-0.25, -0.2) is 0 Å². The molecule has 2 aliphatic rings. The summed E-state index contributed by atoms with van der Waals surface area (Å²) in [6, 6.07) is 0. The van der Waals surface area contributed by atoms with E-state index >= 15 is 0 Å². The van der Waals surface area contributed by atoms with Crippen LogP contribution < -0.4 is 5.73 Å². The number of ketones is 1. The largest absolute Gasteiger partial charge is 0.413 e. The molecule has 2 rings (SSSR count). The molecule has 2 N–H and O–H groups in total. The Kier molecular flexibility index (Phi) is 3.92. The Labute approximate surface area is 114 Å². The molecule has 3 unspecified atom stereocenters. The van der Waals surface area contributed by atoms with Crippen molar-refractivity contribution in [1.82, 2.24) is 0 Å². The normalized spacial score (nSPS) is 35.3. The molecule has 3 nitrogen and oxygen atoms in total. The van der Waals surface area contributed by atoms with Crippen LogP contribution >= 0.6 is 11.8 Å². The lowest BCUT2D eigenvalue weighted by Gasteiger charge is -2.39. The number of ether oxygens (including phenoxy) is 1. The summed E-state index contributed by atoms with van der Waals surface area (Å²) in [5.74, 6) is 0.133. The number of carbonyl (C=O) groups excluding carboxylic acids is 1. The van der Waals surface area contributed by atoms with Crippen LogP contribution in [0.15, 0.2) is 0 Å². The highest BCUT2D eigenvalue weighted by atomic mass is 32.2. The monoisotopic (exact) mass is 297 g/mol. The highest BCUT2D eigenvalue weighted by Crippen LogP contribution is 2.42. The van der Waals surface area contributed by atoms with Gasteiger partial charge in [0.2, 0.25) is 0 Å². The van der Waals surface area contributed by atoms with Crippen molar-refractivity contribution >= 4 is 17.5 Å². The van der Waals surface area contributed by atoms with Gasteiger partial charge in [0.1, 0.15) is 0 Å². The summed E-state index contributed by atoms with van der Waals surface area (Å²) in [6.45, 7) is 1.10. The van der Waals surface area contributed by atoms with E-state index in [1.165, 1.54) is 0 Å². The van der Waals surface area contributed by atoms with Crippen LogP contribution in [-0.4, -0.2) is 41.2 Å². The Bertz CT molecular complexity index is 364. The van der Waals surface area contributed by atoms with Gasteiger partial charge in [-0.05, 0) is 31.9 Å². The fourth-order valence-corrected chi connectivity index (χ4v) is 4.06. The predicted molar refractivity (Wildman–Crippen MR) is 67.0 cm³/mol. The Morgan fingerprint density at radius 2 is 2.16 bits per heavy atom. The summed E-state index contributed by atoms with van der Waals surface area (Å²) in [5.41, 5.74) is 2.06. The second-order valence-corrected chi connectivity index (χ2v) is 6.69. The number of thioether (sulfide) groups is 1. The maximum absolute atomic E-state index is 12.8. The van der Waals surface area contributed by atoms with Crippen molar-refractivity contribution in [2.45, 2.75) is 43.5 Å². The molecule has 3 atom stereocenters. The maximum Gasteiger partial charge on any atom is 0.413 e. The zero-order chi connectivity index (χ0) is 14.3. The molecule has 0 amide bonds. The van der Waals surface area contributed by atoms with Gasteiger partial charge in [0.25, 0.3) is 0 Å². The lowest BCUT2D eigenvalue weighted by Crippen LogP contribution is -2.60. The van der Waals surface area contributed by atoms with Crippen molar-refractivity contribution in [2.24, 2.45) is 11.7 Å². The first-order valence-electron chi connectivity index (χ1n) is 6.30. The SMILES string of the molecule is CC(N)(C(=O)C1CCOC2(CCSC2)C1)C(F)(F)F. The van der Waals surface area contributed by atoms with Crippen molar-refractivity contribution < 1.29 is 22.7 Å². The summed E-state index contributed by atoms with van der Waals surface area (Å²) >= 11 is 1.72. The second-order valence-electron chi connectivity index (χ2n) is 5.59. The second kappa shape index (κ2) is 4.93. The Hall–Kier alpha value is -0.270. The molecule has 0 aromatic heterocycles. The summed E-state index contributed by atoms with van der Waals surface area (Å²) < 4.78 is 44.2. The molecule has 0 bridgehead atoms. The minimum atomic E-state index is -4.71. The summed E-state index contributed by atoms with van der Waals surface area (Å²) in [6.07, 6.45) is -3.22. The van der Waals surface area contributed by atoms with Gasteiger partial charge in [0.05, 0.1) is 5.60 Å². The quantitative estimate of drug-likeness (QED) is 0.848. The predicted octanol–water partition coefficient (Wildman–Crippen LogP) is 2.14. The van der Waals surface area contributed by atoms with E-state index in [1.54, 1.807) is 11.8 Å². The number of halogens is 3. The number of hydrogen-bond acceptors (Lipinski definition) is 4. The fraction of sp³-hybridized carbons (Fsp3) is 0.917. The van der Waals surface area contributed by atoms with Crippen LogP contribution in [0.5, 0.6) is 0 Å². The van der Waals surface area contributed by atoms with E-state index in [9.17, 15) is 18.0 Å². The van der Waals surface area contributed by atoms with Gasteiger partial charge in [-0.2, -0.15) is 24.9 Å². The lowest BCUT2D eigenvalue weighted by atomic mass is 9.77. The van der Waals surface area contributed by atoms with Gasteiger partial charge in [-0.15, -0.1) is 0 Å². The van der Waals surface area contributed by atoms with Gasteiger partial charge in [0, 0.05) is 18.3 Å². The third-order valence-electron chi connectivity index (χ3n) is 4.03. The van der Waals surface area contributed by atoms with Crippen LogP contribution in [-0.2, 0) is 9.53 Å². The first-order valence-corrected chi connectivity index (χ1v) is 7.45. The number of hydrogen-bond donors (Lipinski definition) is 1. The Balaban J connectivity index is 2.11. The minimum Gasteiger partial charge on any atom is -0.374 e. The highest BCUT2D eigenvalue weighted by Gasteiger charge is 2.56. The van der Waals surface area contributed by atoms with Crippen molar-refractivity contribution in [3.63, 3.8) is 0 Å². The van der Waals surface area contributed by atoms with E-state index in [0.717, 1.165) is 24.9 Å². The number of carbonyl (C=O) groups is 1. The molecule has 0 radical (unpaired) electrons. The van der Waals surface area contributed by atoms with Crippen molar-refractivity contribution in [1.29, 1.82) is 0 Å². The molecule has 19 heavy (non-hydrogen) atoms. The Morgan fingerprint density at radius 3 is 2.68 bits per heavy atom. The van der Waals surface area contributed by atoms with Crippen molar-refractivity contribution in [3.8, 4) is 0 Å². The van der Waals surface area contributed by atoms with Crippen LogP contribution in [0.2, 0.25) is 0 Å². The average Bonchev–Trinajstić information content (AvgIpc) is 2.74. The lowest BCUT2D eigenvalue weighted by molar-refractivity contribution is -0.192. The van der Waals surface area contributed by atoms with Crippen molar-refractivity contribution in [3.05, 3.63) is 0 Å². The molecule has 110 valence electrons. The molecule has 2 heterocycles. The number of nitrogens with two attached hydrogens (primary N) is 1. The molecular weight excluding hydrogens is 279 g/mol. The third kappa shape index (κ3) is 2.78. The minimum absolute atomic E-state index is 0.327. The zero-order valence-electron chi connectivity index (χ0n) is 10.8. The molecule has 2 saturated heterocycles. The molecule has 0 aromatic carbocycles. The molecule has 0 aromatic rings. The maximum atomic E-state index is 12.8. The fourth-order valence-electron chi connectivity index (χ4n) is 2.68. The first kappa shape index (κ1) is 15.1. The number of alkyl halides is 3. The molecule has 2 fully saturated rings. The molecule has 0 aliphatic carbocycles. The van der Waals surface area contributed by atoms with Gasteiger partial charge in [-0.3, -0.25) is 4.79 Å². The van der Waals surface area contributed by atoms with Crippen LogP contribution in [0.1, 0.15) is 26.2 Å². The van der Waals surface area contributed by atoms with Crippen molar-refractivity contribution in [2.75, 3.05) is 18.1 Å². The van der Waals surface area contributed by atoms with E-state index in [1.807, 2.05) is 0 Å². The van der Waals surface area contributed by atoms with Crippen LogP contribution in [0, 0.1) is 5.92 Å². The molecular formula is C12H18F3NO2S. The molecule has 2 aliphatic heterocycles. The van der Waals surface area contributed by atoms with Gasteiger partial charge >= 0.3 is 6.18 Å². The van der Waals surface area contributed by atoms with Gasteiger partial charge in [0.15, 0.2) is 11.3 Å². The third-order valence-corrected chi connectivity index (χ3v) is 5.25. The Morgan fingerprint density at radius 1 is 1.47 bits per heavy atom. The standard InChI is InChI=1S/C12H18F3NO2S/c1-10(16,12(13,14)15)9(17)8-2-4-18-11(6-8)3-5-19-7-11/h8H,2-7,16H2,1H3. The summed E-state index contributed by atoms with van der Waals surface area (Å²) in [4.78, 5) is 12.1. The topological polar surface area (TPSA) is 52.3 Å². The number of rotatable bonds is 2. The summed E-state index contributed by atoms with van der Waals surface area (Å²) in [5, 5.41) is 0. The van der Waals surface area contributed by atoms with Crippen LogP contribution in [0.25, 0.3) is 0 Å². The number of Topliss-reactive ketones (excluding diaryl/α,β-unsaturated/α-hetero) is 1. The average molecular weight is 297 g/mol. The summed E-state index contributed by atoms with van der Waals surface area (Å²) in [7, 11) is 0. The van der Waals surface area contributed by atoms with E-state index < -0.39 is 29.0 Å². The van der Waals surface area contributed by atoms with Crippen LogP contribution in [0.4, 0.5) is 13.2 Å². The molecule has 0 saturated carbocycles. The smallest absolute Gasteiger partial charge is 0.374 e.